The van der Waals surface area contributed by atoms with Crippen LogP contribution < -0.4 is 10.1 Å². The zero-order valence-corrected chi connectivity index (χ0v) is 16.3. The molecule has 1 heterocycles. The number of methoxy groups -OCH3 is 1. The highest BCUT2D eigenvalue weighted by Gasteiger charge is 2.20. The highest BCUT2D eigenvalue weighted by Crippen LogP contribution is 2.23. The van der Waals surface area contributed by atoms with Crippen molar-refractivity contribution in [3.63, 3.8) is 0 Å². The van der Waals surface area contributed by atoms with Crippen molar-refractivity contribution in [1.29, 1.82) is 0 Å². The number of anilines is 1. The fraction of sp³-hybridized carbons (Fsp3) is 0.350. The molecule has 2 aromatic rings. The average Bonchev–Trinajstić information content (AvgIpc) is 2.66. The minimum Gasteiger partial charge on any atom is -0.496 e. The predicted molar refractivity (Wildman–Crippen MR) is 105 cm³/mol. The molecule has 0 spiro atoms. The van der Waals surface area contributed by atoms with E-state index in [2.05, 4.69) is 10.2 Å². The van der Waals surface area contributed by atoms with Gasteiger partial charge in [-0.1, -0.05) is 11.6 Å². The Morgan fingerprint density at radius 3 is 2.39 bits per heavy atom. The highest BCUT2D eigenvalue weighted by molar-refractivity contribution is 6.33. The molecule has 8 heteroatoms. The Hall–Kier alpha value is -2.22. The second-order valence-electron chi connectivity index (χ2n) is 6.68. The van der Waals surface area contributed by atoms with Gasteiger partial charge in [-0.25, -0.2) is 8.78 Å². The van der Waals surface area contributed by atoms with Gasteiger partial charge >= 0.3 is 0 Å². The summed E-state index contributed by atoms with van der Waals surface area (Å²) < 4.78 is 31.9. The minimum absolute atomic E-state index is 0.169. The SMILES string of the molecule is COc1ccc(F)cc1CN1CCN(CC(=O)Nc2ccc(F)cc2Cl)CC1. The normalized spacial score (nSPS) is 15.4. The lowest BCUT2D eigenvalue weighted by Gasteiger charge is -2.34. The van der Waals surface area contributed by atoms with Crippen molar-refractivity contribution in [2.75, 3.05) is 45.2 Å². The summed E-state index contributed by atoms with van der Waals surface area (Å²) in [5, 5.41) is 2.87. The van der Waals surface area contributed by atoms with Gasteiger partial charge in [-0.2, -0.15) is 0 Å². The number of carbonyl (C=O) groups is 1. The monoisotopic (exact) mass is 409 g/mol. The lowest BCUT2D eigenvalue weighted by molar-refractivity contribution is -0.117. The maximum absolute atomic E-state index is 13.5. The van der Waals surface area contributed by atoms with Gasteiger partial charge in [0.25, 0.3) is 0 Å². The molecule has 0 radical (unpaired) electrons. The van der Waals surface area contributed by atoms with Crippen molar-refractivity contribution in [1.82, 2.24) is 9.80 Å². The Morgan fingerprint density at radius 2 is 1.71 bits per heavy atom. The van der Waals surface area contributed by atoms with Crippen LogP contribution in [0.4, 0.5) is 14.5 Å². The Kier molecular flexibility index (Phi) is 6.83. The maximum atomic E-state index is 13.5. The first-order valence-electron chi connectivity index (χ1n) is 8.96. The zero-order chi connectivity index (χ0) is 20.1. The number of piperazine rings is 1. The first-order chi connectivity index (χ1) is 13.4. The molecule has 0 unspecified atom stereocenters. The third-order valence-corrected chi connectivity index (χ3v) is 4.99. The van der Waals surface area contributed by atoms with E-state index in [9.17, 15) is 13.6 Å². The number of halogens is 3. The standard InChI is InChI=1S/C20H22ClF2N3O2/c1-28-19-5-3-15(22)10-14(19)12-25-6-8-26(9-7-25)13-20(27)24-18-4-2-16(23)11-17(18)21/h2-5,10-11H,6-9,12-13H2,1H3,(H,24,27). The molecule has 28 heavy (non-hydrogen) atoms. The van der Waals surface area contributed by atoms with Gasteiger partial charge in [0.15, 0.2) is 0 Å². The summed E-state index contributed by atoms with van der Waals surface area (Å²) in [7, 11) is 1.57. The number of nitrogens with one attached hydrogen (secondary N) is 1. The number of carbonyl (C=O) groups excluding carboxylic acids is 1. The van der Waals surface area contributed by atoms with Gasteiger partial charge in [0.05, 0.1) is 24.4 Å². The second kappa shape index (κ2) is 9.32. The fourth-order valence-electron chi connectivity index (χ4n) is 3.20. The molecular formula is C20H22ClF2N3O2. The van der Waals surface area contributed by atoms with Crippen LogP contribution in [0.15, 0.2) is 36.4 Å². The third-order valence-electron chi connectivity index (χ3n) is 4.67. The zero-order valence-electron chi connectivity index (χ0n) is 15.6. The van der Waals surface area contributed by atoms with Crippen molar-refractivity contribution in [2.45, 2.75) is 6.54 Å². The summed E-state index contributed by atoms with van der Waals surface area (Å²) >= 11 is 5.94. The van der Waals surface area contributed by atoms with Crippen LogP contribution in [0, 0.1) is 11.6 Å². The predicted octanol–water partition coefficient (Wildman–Crippen LogP) is 3.38. The molecule has 2 aromatic carbocycles. The maximum Gasteiger partial charge on any atom is 0.238 e. The van der Waals surface area contributed by atoms with E-state index >= 15 is 0 Å². The van der Waals surface area contributed by atoms with E-state index in [0.717, 1.165) is 24.7 Å². The molecule has 1 N–H and O–H groups in total. The lowest BCUT2D eigenvalue weighted by atomic mass is 10.1. The second-order valence-corrected chi connectivity index (χ2v) is 7.09. The van der Waals surface area contributed by atoms with E-state index in [4.69, 9.17) is 16.3 Å². The van der Waals surface area contributed by atoms with Gasteiger partial charge in [0, 0.05) is 38.3 Å². The molecule has 1 aliphatic heterocycles. The van der Waals surface area contributed by atoms with Crippen LogP contribution in [-0.4, -0.2) is 55.5 Å². The molecule has 1 aliphatic rings. The van der Waals surface area contributed by atoms with Gasteiger partial charge in [-0.05, 0) is 36.4 Å². The molecule has 0 aromatic heterocycles. The summed E-state index contributed by atoms with van der Waals surface area (Å²) in [4.78, 5) is 16.5. The van der Waals surface area contributed by atoms with E-state index in [1.54, 1.807) is 13.2 Å². The number of rotatable bonds is 6. The lowest BCUT2D eigenvalue weighted by Crippen LogP contribution is -2.48. The fourth-order valence-corrected chi connectivity index (χ4v) is 3.42. The first-order valence-corrected chi connectivity index (χ1v) is 9.34. The Morgan fingerprint density at radius 1 is 1.07 bits per heavy atom. The van der Waals surface area contributed by atoms with Gasteiger partial charge in [-0.15, -0.1) is 0 Å². The molecule has 0 atom stereocenters. The number of nitrogens with zero attached hydrogens (tertiary/aromatic N) is 2. The van der Waals surface area contributed by atoms with Crippen LogP contribution in [-0.2, 0) is 11.3 Å². The number of ether oxygens (including phenoxy) is 1. The van der Waals surface area contributed by atoms with E-state index in [-0.39, 0.29) is 23.3 Å². The first kappa shape index (κ1) is 20.5. The van der Waals surface area contributed by atoms with Crippen molar-refractivity contribution in [3.05, 3.63) is 58.6 Å². The van der Waals surface area contributed by atoms with E-state index in [1.807, 2.05) is 4.90 Å². The summed E-state index contributed by atoms with van der Waals surface area (Å²) in [6, 6.07) is 8.36. The smallest absolute Gasteiger partial charge is 0.238 e. The largest absolute Gasteiger partial charge is 0.496 e. The quantitative estimate of drug-likeness (QED) is 0.794. The summed E-state index contributed by atoms with van der Waals surface area (Å²) in [5.74, 6) is -0.271. The van der Waals surface area contributed by atoms with Gasteiger partial charge < -0.3 is 10.1 Å². The van der Waals surface area contributed by atoms with Crippen LogP contribution in [0.3, 0.4) is 0 Å². The summed E-state index contributed by atoms with van der Waals surface area (Å²) in [5.41, 5.74) is 1.20. The molecule has 3 rings (SSSR count). The van der Waals surface area contributed by atoms with Crippen LogP contribution >= 0.6 is 11.6 Å². The van der Waals surface area contributed by atoms with E-state index in [0.29, 0.717) is 31.1 Å². The van der Waals surface area contributed by atoms with Crippen LogP contribution in [0.25, 0.3) is 0 Å². The van der Waals surface area contributed by atoms with Crippen LogP contribution in [0.1, 0.15) is 5.56 Å². The highest BCUT2D eigenvalue weighted by atomic mass is 35.5. The summed E-state index contributed by atoms with van der Waals surface area (Å²) in [6.45, 7) is 3.75. The van der Waals surface area contributed by atoms with Gasteiger partial charge in [-0.3, -0.25) is 14.6 Å². The Labute approximate surface area is 167 Å². The number of hydrogen-bond donors (Lipinski definition) is 1. The summed E-state index contributed by atoms with van der Waals surface area (Å²) in [6.07, 6.45) is 0. The molecule has 150 valence electrons. The Bertz CT molecular complexity index is 842. The van der Waals surface area contributed by atoms with Crippen molar-refractivity contribution in [3.8, 4) is 5.75 Å². The van der Waals surface area contributed by atoms with Crippen LogP contribution in [0.2, 0.25) is 5.02 Å². The molecule has 5 nitrogen and oxygen atoms in total. The van der Waals surface area contributed by atoms with Gasteiger partial charge in [0.1, 0.15) is 17.4 Å². The van der Waals surface area contributed by atoms with Crippen LogP contribution in [0.5, 0.6) is 5.75 Å². The minimum atomic E-state index is -0.450. The molecule has 1 saturated heterocycles. The molecule has 0 saturated carbocycles. The van der Waals surface area contributed by atoms with E-state index < -0.39 is 5.82 Å². The average molecular weight is 410 g/mol. The molecular weight excluding hydrogens is 388 g/mol. The number of hydrogen-bond acceptors (Lipinski definition) is 4. The van der Waals surface area contributed by atoms with Crippen molar-refractivity contribution >= 4 is 23.2 Å². The topological polar surface area (TPSA) is 44.8 Å². The van der Waals surface area contributed by atoms with Crippen molar-refractivity contribution in [2.24, 2.45) is 0 Å². The molecule has 0 aliphatic carbocycles. The molecule has 1 fully saturated rings. The van der Waals surface area contributed by atoms with E-state index in [1.165, 1.54) is 24.3 Å². The molecule has 1 amide bonds. The number of amides is 1. The third kappa shape index (κ3) is 5.41. The molecule has 0 bridgehead atoms. The number of benzene rings is 2. The van der Waals surface area contributed by atoms with Gasteiger partial charge in [0.2, 0.25) is 5.91 Å². The Balaban J connectivity index is 1.49. The van der Waals surface area contributed by atoms with Crippen molar-refractivity contribution < 1.29 is 18.3 Å².